The molecule has 0 saturated carbocycles. The van der Waals surface area contributed by atoms with E-state index in [0.29, 0.717) is 6.42 Å². The highest BCUT2D eigenvalue weighted by atomic mass is 16.5. The van der Waals surface area contributed by atoms with Crippen LogP contribution in [0.4, 0.5) is 4.79 Å². The summed E-state index contributed by atoms with van der Waals surface area (Å²) in [6.07, 6.45) is 0.0327. The topological polar surface area (TPSA) is 58.6 Å². The first kappa shape index (κ1) is 16.8. The lowest BCUT2D eigenvalue weighted by Gasteiger charge is -2.18. The van der Waals surface area contributed by atoms with Crippen LogP contribution in [0.25, 0.3) is 11.1 Å². The van der Waals surface area contributed by atoms with Crippen molar-refractivity contribution in [1.82, 2.24) is 5.32 Å². The molecule has 0 saturated heterocycles. The molecule has 0 heterocycles. The molecule has 0 bridgehead atoms. The fourth-order valence-electron chi connectivity index (χ4n) is 3.91. The highest BCUT2D eigenvalue weighted by molar-refractivity contribution is 5.79. The average molecular weight is 389 g/mol. The van der Waals surface area contributed by atoms with E-state index in [-0.39, 0.29) is 18.9 Å². The van der Waals surface area contributed by atoms with Crippen molar-refractivity contribution in [2.24, 2.45) is 0 Å². The van der Waals surface area contributed by atoms with Crippen LogP contribution in [0, 0.1) is 0 Å². The Morgan fingerprint density at radius 1 is 0.966 bits per heavy atom. The highest BCUT2D eigenvalue weighted by Crippen LogP contribution is 2.44. The van der Waals surface area contributed by atoms with Gasteiger partial charge in [-0.15, -0.1) is 0 Å². The van der Waals surface area contributed by atoms with Crippen LogP contribution in [0.3, 0.4) is 0 Å². The Kier molecular flexibility index (Phi) is 5.17. The van der Waals surface area contributed by atoms with Crippen molar-refractivity contribution >= 4 is 6.09 Å². The number of aliphatic hydroxyl groups is 1. The molecule has 4 rings (SSSR count). The Balaban J connectivity index is 1.41. The summed E-state index contributed by atoms with van der Waals surface area (Å²) in [5.74, 6) is -0.0770. The largest absolute Gasteiger partial charge is 0.449 e. The molecular formula is C25H25NO3. The number of benzene rings is 3. The zero-order valence-electron chi connectivity index (χ0n) is 18.0. The minimum Gasteiger partial charge on any atom is -0.449 e. The summed E-state index contributed by atoms with van der Waals surface area (Å²) in [6, 6.07) is 24.6. The van der Waals surface area contributed by atoms with E-state index in [1.165, 1.54) is 0 Å². The number of nitrogens with one attached hydrogen (secondary N) is 1. The quantitative estimate of drug-likeness (QED) is 0.625. The third-order valence-corrected chi connectivity index (χ3v) is 5.36. The fraction of sp³-hybridized carbons (Fsp3) is 0.240. The van der Waals surface area contributed by atoms with Crippen LogP contribution in [-0.2, 0) is 11.2 Å². The molecule has 4 nitrogen and oxygen atoms in total. The molecule has 1 amide bonds. The predicted molar refractivity (Wildman–Crippen MR) is 114 cm³/mol. The molecule has 0 fully saturated rings. The van der Waals surface area contributed by atoms with E-state index in [9.17, 15) is 9.90 Å². The molecule has 0 radical (unpaired) electrons. The molecule has 4 heteroatoms. The van der Waals surface area contributed by atoms with Crippen LogP contribution in [0.2, 0.25) is 0 Å². The van der Waals surface area contributed by atoms with Gasteiger partial charge in [0.05, 0.1) is 15.3 Å². The summed E-state index contributed by atoms with van der Waals surface area (Å²) < 4.78 is 20.9. The van der Waals surface area contributed by atoms with Crippen LogP contribution in [-0.4, -0.2) is 30.4 Å². The third kappa shape index (κ3) is 4.33. The number of hydrogen-bond acceptors (Lipinski definition) is 3. The van der Waals surface area contributed by atoms with E-state index < -0.39 is 18.7 Å². The van der Waals surface area contributed by atoms with E-state index in [2.05, 4.69) is 17.4 Å². The van der Waals surface area contributed by atoms with Crippen LogP contribution < -0.4 is 5.32 Å². The molecule has 3 aromatic carbocycles. The van der Waals surface area contributed by atoms with Gasteiger partial charge >= 0.3 is 6.09 Å². The summed E-state index contributed by atoms with van der Waals surface area (Å²) in [5.41, 5.74) is 5.49. The first-order valence-electron chi connectivity index (χ1n) is 10.8. The number of fused-ring (bicyclic) bond motifs is 3. The number of carbonyl (C=O) groups excluding carboxylic acids is 1. The molecule has 3 aromatic rings. The number of aryl methyl sites for hydroxylation is 1. The Morgan fingerprint density at radius 2 is 1.55 bits per heavy atom. The normalized spacial score (nSPS) is 14.9. The van der Waals surface area contributed by atoms with Gasteiger partial charge in [0.25, 0.3) is 0 Å². The smallest absolute Gasteiger partial charge is 0.407 e. The fourth-order valence-corrected chi connectivity index (χ4v) is 3.91. The van der Waals surface area contributed by atoms with Gasteiger partial charge in [-0.05, 0) is 40.7 Å². The molecule has 2 N–H and O–H groups in total. The minimum atomic E-state index is -2.56. The summed E-state index contributed by atoms with van der Waals surface area (Å²) in [6.45, 7) is -2.42. The second kappa shape index (κ2) is 8.93. The standard InChI is InChI=1S/C25H25NO3/c27-16-19(15-14-18-8-2-1-3-9-18)26-25(28)29-17-24-22-12-6-4-10-20(22)21-11-5-7-13-23(21)24/h1-13,19,24,27H,14-17H2,(H,26,28)/t19-/m0/s1/i16D2. The van der Waals surface area contributed by atoms with Crippen molar-refractivity contribution < 1.29 is 17.4 Å². The van der Waals surface area contributed by atoms with E-state index in [1.807, 2.05) is 66.7 Å². The van der Waals surface area contributed by atoms with Gasteiger partial charge in [-0.25, -0.2) is 4.79 Å². The van der Waals surface area contributed by atoms with Gasteiger partial charge < -0.3 is 15.2 Å². The third-order valence-electron chi connectivity index (χ3n) is 5.36. The average Bonchev–Trinajstić information content (AvgIpc) is 3.09. The Labute approximate surface area is 174 Å². The van der Waals surface area contributed by atoms with Gasteiger partial charge in [0.1, 0.15) is 6.61 Å². The SMILES string of the molecule is [2H]C([2H])(O)[C@H](CCc1ccccc1)NC(=O)OCC1c2ccccc2-c2ccccc21. The summed E-state index contributed by atoms with van der Waals surface area (Å²) in [7, 11) is 0. The molecule has 0 aliphatic heterocycles. The lowest BCUT2D eigenvalue weighted by atomic mass is 9.98. The van der Waals surface area contributed by atoms with Crippen molar-refractivity contribution in [1.29, 1.82) is 0 Å². The summed E-state index contributed by atoms with van der Waals surface area (Å²) in [4.78, 5) is 12.5. The second-order valence-electron chi connectivity index (χ2n) is 7.18. The molecule has 0 aromatic heterocycles. The maximum atomic E-state index is 12.5. The monoisotopic (exact) mass is 389 g/mol. The molecule has 1 aliphatic carbocycles. The van der Waals surface area contributed by atoms with Crippen LogP contribution >= 0.6 is 0 Å². The molecule has 0 unspecified atom stereocenters. The molecule has 0 spiro atoms. The van der Waals surface area contributed by atoms with E-state index >= 15 is 0 Å². The second-order valence-corrected chi connectivity index (χ2v) is 7.18. The Morgan fingerprint density at radius 3 is 2.17 bits per heavy atom. The first-order chi connectivity index (χ1) is 14.9. The van der Waals surface area contributed by atoms with Gasteiger partial charge in [0, 0.05) is 5.92 Å². The van der Waals surface area contributed by atoms with Crippen molar-refractivity contribution in [2.45, 2.75) is 24.8 Å². The molecule has 1 aliphatic rings. The number of ether oxygens (including phenoxy) is 1. The van der Waals surface area contributed by atoms with Crippen molar-refractivity contribution in [3.05, 3.63) is 95.6 Å². The van der Waals surface area contributed by atoms with E-state index in [1.54, 1.807) is 0 Å². The van der Waals surface area contributed by atoms with Crippen molar-refractivity contribution in [3.8, 4) is 11.1 Å². The molecule has 1 atom stereocenters. The number of rotatable bonds is 7. The molecular weight excluding hydrogens is 362 g/mol. The summed E-state index contributed by atoms with van der Waals surface area (Å²) >= 11 is 0. The van der Waals surface area contributed by atoms with Gasteiger partial charge in [-0.3, -0.25) is 0 Å². The predicted octanol–water partition coefficient (Wildman–Crippen LogP) is 4.52. The van der Waals surface area contributed by atoms with E-state index in [4.69, 9.17) is 7.48 Å². The molecule has 29 heavy (non-hydrogen) atoms. The lowest BCUT2D eigenvalue weighted by molar-refractivity contribution is 0.131. The Bertz CT molecular complexity index is 1000. The number of carbonyl (C=O) groups is 1. The van der Waals surface area contributed by atoms with Gasteiger partial charge in [0.2, 0.25) is 0 Å². The maximum absolute atomic E-state index is 12.5. The van der Waals surface area contributed by atoms with Gasteiger partial charge in [-0.2, -0.15) is 0 Å². The first-order valence-corrected chi connectivity index (χ1v) is 9.81. The van der Waals surface area contributed by atoms with Crippen molar-refractivity contribution in [2.75, 3.05) is 13.2 Å². The summed E-state index contributed by atoms with van der Waals surface area (Å²) in [5, 5.41) is 12.4. The maximum Gasteiger partial charge on any atom is 0.407 e. The van der Waals surface area contributed by atoms with Crippen LogP contribution in [0.15, 0.2) is 78.9 Å². The molecule has 148 valence electrons. The van der Waals surface area contributed by atoms with Gasteiger partial charge in [-0.1, -0.05) is 78.9 Å². The van der Waals surface area contributed by atoms with Crippen LogP contribution in [0.1, 0.15) is 31.8 Å². The number of alkyl carbamates (subject to hydrolysis) is 1. The van der Waals surface area contributed by atoms with Crippen LogP contribution in [0.5, 0.6) is 0 Å². The zero-order valence-corrected chi connectivity index (χ0v) is 16.0. The van der Waals surface area contributed by atoms with Crippen molar-refractivity contribution in [3.63, 3.8) is 0 Å². The zero-order chi connectivity index (χ0) is 21.8. The van der Waals surface area contributed by atoms with E-state index in [0.717, 1.165) is 27.8 Å². The lowest BCUT2D eigenvalue weighted by Crippen LogP contribution is -2.38. The highest BCUT2D eigenvalue weighted by Gasteiger charge is 2.29. The van der Waals surface area contributed by atoms with Gasteiger partial charge in [0.15, 0.2) is 0 Å². The Hall–Kier alpha value is -3.11. The number of hydrogen-bond donors (Lipinski definition) is 2. The minimum absolute atomic E-state index is 0.0770. The number of amides is 1.